The summed E-state index contributed by atoms with van der Waals surface area (Å²) < 4.78 is 5.23. The van der Waals surface area contributed by atoms with Gasteiger partial charge in [-0.2, -0.15) is 0 Å². The van der Waals surface area contributed by atoms with E-state index in [2.05, 4.69) is 5.32 Å². The number of aliphatic hydroxyl groups is 1. The average Bonchev–Trinajstić information content (AvgIpc) is 2.35. The third-order valence-corrected chi connectivity index (χ3v) is 3.91. The minimum absolute atomic E-state index is 0.116. The quantitative estimate of drug-likeness (QED) is 0.734. The van der Waals surface area contributed by atoms with Crippen molar-refractivity contribution in [2.75, 3.05) is 32.8 Å². The zero-order chi connectivity index (χ0) is 13.0. The lowest BCUT2D eigenvalue weighted by molar-refractivity contribution is -0.135. The van der Waals surface area contributed by atoms with Crippen molar-refractivity contribution in [2.24, 2.45) is 0 Å². The standard InChI is InChI=1S/C13H24N2O3/c1-11(14-10-13(17)3-2-4-13)9-12(16)15-5-7-18-8-6-15/h11,14,17H,2-10H2,1H3. The van der Waals surface area contributed by atoms with E-state index in [0.717, 1.165) is 19.3 Å². The molecular formula is C13H24N2O3. The largest absolute Gasteiger partial charge is 0.389 e. The summed E-state index contributed by atoms with van der Waals surface area (Å²) in [6.07, 6.45) is 3.36. The topological polar surface area (TPSA) is 61.8 Å². The van der Waals surface area contributed by atoms with Crippen LogP contribution in [0.25, 0.3) is 0 Å². The van der Waals surface area contributed by atoms with Crippen LogP contribution >= 0.6 is 0 Å². The van der Waals surface area contributed by atoms with Gasteiger partial charge in [-0.25, -0.2) is 0 Å². The van der Waals surface area contributed by atoms with Gasteiger partial charge in [-0.1, -0.05) is 0 Å². The smallest absolute Gasteiger partial charge is 0.224 e. The number of nitrogens with one attached hydrogen (secondary N) is 1. The maximum Gasteiger partial charge on any atom is 0.224 e. The summed E-state index contributed by atoms with van der Waals surface area (Å²) in [6.45, 7) is 5.30. The van der Waals surface area contributed by atoms with Gasteiger partial charge in [0.2, 0.25) is 5.91 Å². The molecule has 1 atom stereocenters. The Morgan fingerprint density at radius 2 is 2.11 bits per heavy atom. The van der Waals surface area contributed by atoms with E-state index in [0.29, 0.717) is 39.3 Å². The Kier molecular flexibility index (Phi) is 4.59. The molecule has 5 heteroatoms. The maximum absolute atomic E-state index is 12.0. The number of hydrogen-bond donors (Lipinski definition) is 2. The molecule has 0 aromatic carbocycles. The van der Waals surface area contributed by atoms with Gasteiger partial charge in [-0.05, 0) is 26.2 Å². The molecule has 104 valence electrons. The molecule has 1 aliphatic heterocycles. The molecule has 1 unspecified atom stereocenters. The van der Waals surface area contributed by atoms with Crippen LogP contribution < -0.4 is 5.32 Å². The van der Waals surface area contributed by atoms with E-state index in [1.165, 1.54) is 0 Å². The molecule has 0 aromatic rings. The van der Waals surface area contributed by atoms with Gasteiger partial charge in [-0.3, -0.25) is 4.79 Å². The normalized spacial score (nSPS) is 24.4. The van der Waals surface area contributed by atoms with Crippen LogP contribution in [-0.2, 0) is 9.53 Å². The van der Waals surface area contributed by atoms with Crippen LogP contribution in [0.15, 0.2) is 0 Å². The van der Waals surface area contributed by atoms with Gasteiger partial charge in [0.1, 0.15) is 0 Å². The first-order valence-corrected chi connectivity index (χ1v) is 6.90. The molecular weight excluding hydrogens is 232 g/mol. The summed E-state index contributed by atoms with van der Waals surface area (Å²) in [5, 5.41) is 13.2. The first-order chi connectivity index (χ1) is 8.59. The van der Waals surface area contributed by atoms with Gasteiger partial charge >= 0.3 is 0 Å². The summed E-state index contributed by atoms with van der Waals surface area (Å²) in [6, 6.07) is 0.116. The van der Waals surface area contributed by atoms with Crippen LogP contribution in [0, 0.1) is 0 Å². The molecule has 2 rings (SSSR count). The zero-order valence-electron chi connectivity index (χ0n) is 11.2. The van der Waals surface area contributed by atoms with E-state index >= 15 is 0 Å². The highest BCUT2D eigenvalue weighted by Gasteiger charge is 2.34. The van der Waals surface area contributed by atoms with Crippen LogP contribution in [0.2, 0.25) is 0 Å². The number of carbonyl (C=O) groups excluding carboxylic acids is 1. The van der Waals surface area contributed by atoms with E-state index in [1.54, 1.807) is 0 Å². The van der Waals surface area contributed by atoms with Crippen molar-refractivity contribution in [3.05, 3.63) is 0 Å². The second kappa shape index (κ2) is 5.99. The van der Waals surface area contributed by atoms with Gasteiger partial charge in [0.15, 0.2) is 0 Å². The lowest BCUT2D eigenvalue weighted by atomic mass is 9.80. The van der Waals surface area contributed by atoms with Crippen LogP contribution in [0.4, 0.5) is 0 Å². The molecule has 18 heavy (non-hydrogen) atoms. The molecule has 0 radical (unpaired) electrons. The zero-order valence-corrected chi connectivity index (χ0v) is 11.2. The maximum atomic E-state index is 12.0. The summed E-state index contributed by atoms with van der Waals surface area (Å²) in [4.78, 5) is 13.8. The fraction of sp³-hybridized carbons (Fsp3) is 0.923. The Bertz CT molecular complexity index is 286. The van der Waals surface area contributed by atoms with E-state index in [9.17, 15) is 9.90 Å². The number of carbonyl (C=O) groups is 1. The Balaban J connectivity index is 1.66. The highest BCUT2D eigenvalue weighted by atomic mass is 16.5. The molecule has 2 aliphatic rings. The minimum atomic E-state index is -0.518. The SMILES string of the molecule is CC(CC(=O)N1CCOCC1)NCC1(O)CCC1. The summed E-state index contributed by atoms with van der Waals surface area (Å²) >= 11 is 0. The van der Waals surface area contributed by atoms with E-state index < -0.39 is 5.60 Å². The fourth-order valence-corrected chi connectivity index (χ4v) is 2.40. The first kappa shape index (κ1) is 13.8. The van der Waals surface area contributed by atoms with Crippen LogP contribution in [-0.4, -0.2) is 60.4 Å². The number of nitrogens with zero attached hydrogens (tertiary/aromatic N) is 1. The van der Waals surface area contributed by atoms with Crippen molar-refractivity contribution < 1.29 is 14.6 Å². The first-order valence-electron chi connectivity index (χ1n) is 6.90. The highest BCUT2D eigenvalue weighted by Crippen LogP contribution is 2.30. The summed E-state index contributed by atoms with van der Waals surface area (Å²) in [5.41, 5.74) is -0.518. The number of hydrogen-bond acceptors (Lipinski definition) is 4. The number of morpholine rings is 1. The molecule has 0 bridgehead atoms. The second-order valence-electron chi connectivity index (χ2n) is 5.56. The molecule has 2 N–H and O–H groups in total. The van der Waals surface area contributed by atoms with Crippen LogP contribution in [0.3, 0.4) is 0 Å². The Morgan fingerprint density at radius 3 is 2.67 bits per heavy atom. The predicted octanol–water partition coefficient (Wildman–Crippen LogP) is 0.128. The van der Waals surface area contributed by atoms with Crippen LogP contribution in [0.5, 0.6) is 0 Å². The lowest BCUT2D eigenvalue weighted by Gasteiger charge is -2.37. The van der Waals surface area contributed by atoms with Crippen LogP contribution in [0.1, 0.15) is 32.6 Å². The van der Waals surface area contributed by atoms with Gasteiger partial charge in [-0.15, -0.1) is 0 Å². The fourth-order valence-electron chi connectivity index (χ4n) is 2.40. The second-order valence-corrected chi connectivity index (χ2v) is 5.56. The molecule has 2 fully saturated rings. The molecule has 5 nitrogen and oxygen atoms in total. The van der Waals surface area contributed by atoms with Crippen molar-refractivity contribution in [3.63, 3.8) is 0 Å². The third-order valence-electron chi connectivity index (χ3n) is 3.91. The highest BCUT2D eigenvalue weighted by molar-refractivity contribution is 5.76. The third kappa shape index (κ3) is 3.67. The van der Waals surface area contributed by atoms with Gasteiger partial charge in [0.25, 0.3) is 0 Å². The van der Waals surface area contributed by atoms with E-state index in [4.69, 9.17) is 4.74 Å². The van der Waals surface area contributed by atoms with Crippen molar-refractivity contribution in [1.29, 1.82) is 0 Å². The van der Waals surface area contributed by atoms with Gasteiger partial charge < -0.3 is 20.1 Å². The Morgan fingerprint density at radius 1 is 1.44 bits per heavy atom. The van der Waals surface area contributed by atoms with Gasteiger partial charge in [0.05, 0.1) is 18.8 Å². The monoisotopic (exact) mass is 256 g/mol. The average molecular weight is 256 g/mol. The molecule has 1 heterocycles. The molecule has 1 amide bonds. The lowest BCUT2D eigenvalue weighted by Crippen LogP contribution is -2.49. The van der Waals surface area contributed by atoms with E-state index in [1.807, 2.05) is 11.8 Å². The van der Waals surface area contributed by atoms with Crippen molar-refractivity contribution in [1.82, 2.24) is 10.2 Å². The summed E-state index contributed by atoms with van der Waals surface area (Å²) in [5.74, 6) is 0.180. The van der Waals surface area contributed by atoms with Gasteiger partial charge in [0, 0.05) is 32.1 Å². The van der Waals surface area contributed by atoms with Crippen molar-refractivity contribution >= 4 is 5.91 Å². The van der Waals surface area contributed by atoms with Crippen molar-refractivity contribution in [3.8, 4) is 0 Å². The minimum Gasteiger partial charge on any atom is -0.389 e. The van der Waals surface area contributed by atoms with E-state index in [-0.39, 0.29) is 11.9 Å². The Labute approximate surface area is 108 Å². The predicted molar refractivity (Wildman–Crippen MR) is 68.3 cm³/mol. The number of ether oxygens (including phenoxy) is 1. The Hall–Kier alpha value is -0.650. The molecule has 0 spiro atoms. The number of rotatable bonds is 5. The van der Waals surface area contributed by atoms with Crippen molar-refractivity contribution in [2.45, 2.75) is 44.2 Å². The number of amides is 1. The molecule has 0 aromatic heterocycles. The summed E-state index contributed by atoms with van der Waals surface area (Å²) in [7, 11) is 0. The molecule has 1 aliphatic carbocycles. The molecule has 1 saturated carbocycles. The molecule has 1 saturated heterocycles.